The predicted molar refractivity (Wildman–Crippen MR) is 61.6 cm³/mol. The minimum atomic E-state index is -0.0292. The zero-order valence-electron chi connectivity index (χ0n) is 7.80. The number of rotatable bonds is 1. The Hall–Kier alpha value is -1.09. The molecular weight excluding hydrogens is 242 g/mol. The van der Waals surface area contributed by atoms with Crippen molar-refractivity contribution in [1.82, 2.24) is 4.98 Å². The summed E-state index contributed by atoms with van der Waals surface area (Å²) in [5, 5.41) is 1.78. The van der Waals surface area contributed by atoms with Crippen molar-refractivity contribution < 1.29 is 0 Å². The molecule has 0 aliphatic rings. The van der Waals surface area contributed by atoms with Crippen LogP contribution in [0.25, 0.3) is 10.8 Å². The van der Waals surface area contributed by atoms with Gasteiger partial charge in [-0.05, 0) is 34.0 Å². The van der Waals surface area contributed by atoms with Gasteiger partial charge in [0.2, 0.25) is 0 Å². The summed E-state index contributed by atoms with van der Waals surface area (Å²) < 4.78 is 0.949. The van der Waals surface area contributed by atoms with E-state index >= 15 is 0 Å². The molecule has 0 bridgehead atoms. The van der Waals surface area contributed by atoms with Crippen molar-refractivity contribution in [2.24, 2.45) is 0 Å². The second kappa shape index (κ2) is 3.58. The summed E-state index contributed by atoms with van der Waals surface area (Å²) in [7, 11) is 0. The van der Waals surface area contributed by atoms with Crippen LogP contribution in [0.4, 0.5) is 0 Å². The Morgan fingerprint density at radius 3 is 2.93 bits per heavy atom. The lowest BCUT2D eigenvalue weighted by atomic mass is 10.0. The van der Waals surface area contributed by atoms with E-state index in [0.29, 0.717) is 0 Å². The number of H-pyrrole nitrogens is 1. The van der Waals surface area contributed by atoms with Crippen LogP contribution in [0.5, 0.6) is 0 Å². The molecule has 0 fully saturated rings. The van der Waals surface area contributed by atoms with Gasteiger partial charge in [0.1, 0.15) is 0 Å². The molecule has 0 atom stereocenters. The number of fused-ring (bicyclic) bond motifs is 1. The molecule has 0 unspecified atom stereocenters. The first-order valence-electron chi connectivity index (χ1n) is 4.53. The van der Waals surface area contributed by atoms with E-state index in [1.165, 1.54) is 5.56 Å². The van der Waals surface area contributed by atoms with E-state index in [9.17, 15) is 4.79 Å². The largest absolute Gasteiger partial charge is 0.327 e. The zero-order chi connectivity index (χ0) is 10.1. The van der Waals surface area contributed by atoms with Crippen LogP contribution in [0.3, 0.4) is 0 Å². The Bertz CT molecular complexity index is 530. The molecule has 0 spiro atoms. The number of pyridine rings is 1. The Morgan fingerprint density at radius 2 is 2.21 bits per heavy atom. The number of hydrogen-bond donors (Lipinski definition) is 1. The zero-order valence-corrected chi connectivity index (χ0v) is 9.39. The SMILES string of the molecule is CCc1cccc2c(=O)[nH]cc(Br)c12. The number of aromatic amines is 1. The highest BCUT2D eigenvalue weighted by Crippen LogP contribution is 2.24. The lowest BCUT2D eigenvalue weighted by Crippen LogP contribution is -2.06. The molecule has 0 saturated heterocycles. The van der Waals surface area contributed by atoms with Crippen LogP contribution in [0.1, 0.15) is 12.5 Å². The summed E-state index contributed by atoms with van der Waals surface area (Å²) in [5.41, 5.74) is 1.17. The maximum absolute atomic E-state index is 11.5. The smallest absolute Gasteiger partial charge is 0.255 e. The lowest BCUT2D eigenvalue weighted by Gasteiger charge is -2.04. The first-order chi connectivity index (χ1) is 6.74. The molecular formula is C11H10BrNO. The van der Waals surface area contributed by atoms with Crippen LogP contribution < -0.4 is 5.56 Å². The second-order valence-corrected chi connectivity index (χ2v) is 4.01. The van der Waals surface area contributed by atoms with Crippen LogP contribution in [0, 0.1) is 0 Å². The molecule has 0 aliphatic carbocycles. The first-order valence-corrected chi connectivity index (χ1v) is 5.32. The fourth-order valence-electron chi connectivity index (χ4n) is 1.64. The standard InChI is InChI=1S/C11H10BrNO/c1-2-7-4-3-5-8-10(7)9(12)6-13-11(8)14/h3-6H,2H2,1H3,(H,13,14). The molecule has 1 aromatic carbocycles. The van der Waals surface area contributed by atoms with E-state index in [0.717, 1.165) is 21.7 Å². The third-order valence-electron chi connectivity index (χ3n) is 2.35. The molecule has 14 heavy (non-hydrogen) atoms. The summed E-state index contributed by atoms with van der Waals surface area (Å²) in [5.74, 6) is 0. The topological polar surface area (TPSA) is 32.9 Å². The van der Waals surface area contributed by atoms with Crippen molar-refractivity contribution in [3.63, 3.8) is 0 Å². The molecule has 72 valence electrons. The lowest BCUT2D eigenvalue weighted by molar-refractivity contribution is 1.15. The van der Waals surface area contributed by atoms with Gasteiger partial charge in [0.25, 0.3) is 5.56 Å². The highest BCUT2D eigenvalue weighted by atomic mass is 79.9. The number of aromatic nitrogens is 1. The molecule has 1 N–H and O–H groups in total. The van der Waals surface area contributed by atoms with Gasteiger partial charge in [-0.2, -0.15) is 0 Å². The van der Waals surface area contributed by atoms with Crippen LogP contribution in [-0.4, -0.2) is 4.98 Å². The average Bonchev–Trinajstić information content (AvgIpc) is 2.23. The maximum Gasteiger partial charge on any atom is 0.255 e. The van der Waals surface area contributed by atoms with Gasteiger partial charge in [0.05, 0.1) is 0 Å². The summed E-state index contributed by atoms with van der Waals surface area (Å²) in [4.78, 5) is 14.2. The van der Waals surface area contributed by atoms with E-state index in [1.807, 2.05) is 18.2 Å². The number of benzene rings is 1. The monoisotopic (exact) mass is 251 g/mol. The van der Waals surface area contributed by atoms with Crippen molar-refractivity contribution in [2.45, 2.75) is 13.3 Å². The average molecular weight is 252 g/mol. The normalized spacial score (nSPS) is 10.7. The van der Waals surface area contributed by atoms with E-state index in [-0.39, 0.29) is 5.56 Å². The Labute approximate surface area is 90.1 Å². The quantitative estimate of drug-likeness (QED) is 0.831. The fourth-order valence-corrected chi connectivity index (χ4v) is 2.23. The van der Waals surface area contributed by atoms with Gasteiger partial charge in [0.15, 0.2) is 0 Å². The van der Waals surface area contributed by atoms with Crippen molar-refractivity contribution >= 4 is 26.7 Å². The summed E-state index contributed by atoms with van der Waals surface area (Å²) in [6.45, 7) is 2.09. The minimum absolute atomic E-state index is 0.0292. The molecule has 3 heteroatoms. The van der Waals surface area contributed by atoms with Crippen LogP contribution in [0.2, 0.25) is 0 Å². The van der Waals surface area contributed by atoms with Crippen LogP contribution in [-0.2, 0) is 6.42 Å². The fraction of sp³-hybridized carbons (Fsp3) is 0.182. The Morgan fingerprint density at radius 1 is 1.43 bits per heavy atom. The summed E-state index contributed by atoms with van der Waals surface area (Å²) in [6, 6.07) is 5.81. The predicted octanol–water partition coefficient (Wildman–Crippen LogP) is 2.85. The van der Waals surface area contributed by atoms with Gasteiger partial charge in [-0.3, -0.25) is 4.79 Å². The molecule has 0 amide bonds. The van der Waals surface area contributed by atoms with E-state index < -0.39 is 0 Å². The van der Waals surface area contributed by atoms with Gasteiger partial charge in [0, 0.05) is 21.4 Å². The van der Waals surface area contributed by atoms with Gasteiger partial charge in [-0.1, -0.05) is 19.1 Å². The van der Waals surface area contributed by atoms with E-state index in [4.69, 9.17) is 0 Å². The molecule has 2 nitrogen and oxygen atoms in total. The number of aryl methyl sites for hydroxylation is 1. The van der Waals surface area contributed by atoms with Crippen LogP contribution in [0.15, 0.2) is 33.7 Å². The highest BCUT2D eigenvalue weighted by Gasteiger charge is 2.05. The van der Waals surface area contributed by atoms with Crippen molar-refractivity contribution in [2.75, 3.05) is 0 Å². The highest BCUT2D eigenvalue weighted by molar-refractivity contribution is 9.10. The second-order valence-electron chi connectivity index (χ2n) is 3.16. The first kappa shape index (κ1) is 9.46. The van der Waals surface area contributed by atoms with E-state index in [1.54, 1.807) is 6.20 Å². The molecule has 2 aromatic rings. The van der Waals surface area contributed by atoms with Crippen molar-refractivity contribution in [3.8, 4) is 0 Å². The van der Waals surface area contributed by atoms with Gasteiger partial charge < -0.3 is 4.98 Å². The van der Waals surface area contributed by atoms with Crippen LogP contribution >= 0.6 is 15.9 Å². The molecule has 0 radical (unpaired) electrons. The molecule has 1 aromatic heterocycles. The molecule has 0 aliphatic heterocycles. The maximum atomic E-state index is 11.5. The summed E-state index contributed by atoms with van der Waals surface area (Å²) >= 11 is 3.45. The summed E-state index contributed by atoms with van der Waals surface area (Å²) in [6.07, 6.45) is 2.63. The third-order valence-corrected chi connectivity index (χ3v) is 2.97. The third kappa shape index (κ3) is 1.38. The molecule has 2 rings (SSSR count). The minimum Gasteiger partial charge on any atom is -0.327 e. The number of nitrogens with one attached hydrogen (secondary N) is 1. The van der Waals surface area contributed by atoms with Gasteiger partial charge >= 0.3 is 0 Å². The molecule has 1 heterocycles. The molecule has 0 saturated carbocycles. The van der Waals surface area contributed by atoms with Crippen molar-refractivity contribution in [1.29, 1.82) is 0 Å². The van der Waals surface area contributed by atoms with Gasteiger partial charge in [-0.15, -0.1) is 0 Å². The van der Waals surface area contributed by atoms with Crippen molar-refractivity contribution in [3.05, 3.63) is 44.8 Å². The Balaban J connectivity index is 2.99. The number of hydrogen-bond acceptors (Lipinski definition) is 1. The van der Waals surface area contributed by atoms with Gasteiger partial charge in [-0.25, -0.2) is 0 Å². The number of halogens is 1. The van der Waals surface area contributed by atoms with E-state index in [2.05, 4.69) is 27.8 Å². The Kier molecular flexibility index (Phi) is 2.42.